The van der Waals surface area contributed by atoms with Crippen LogP contribution in [0.5, 0.6) is 0 Å². The van der Waals surface area contributed by atoms with Gasteiger partial charge in [0.2, 0.25) is 5.91 Å². The van der Waals surface area contributed by atoms with Gasteiger partial charge in [-0.2, -0.15) is 5.10 Å². The zero-order valence-electron chi connectivity index (χ0n) is 14.2. The van der Waals surface area contributed by atoms with Crippen molar-refractivity contribution in [3.05, 3.63) is 12.3 Å². The van der Waals surface area contributed by atoms with Crippen molar-refractivity contribution in [2.45, 2.75) is 64.5 Å². The van der Waals surface area contributed by atoms with E-state index in [1.807, 2.05) is 6.92 Å². The number of aromatic nitrogens is 2. The molecular formula is C15H27N3O3S. The van der Waals surface area contributed by atoms with Crippen LogP contribution in [0.3, 0.4) is 0 Å². The molecule has 0 bridgehead atoms. The average Bonchev–Trinajstić information content (AvgIpc) is 2.84. The molecule has 0 saturated carbocycles. The molecule has 126 valence electrons. The Morgan fingerprint density at radius 3 is 2.32 bits per heavy atom. The third kappa shape index (κ3) is 4.32. The monoisotopic (exact) mass is 329 g/mol. The highest BCUT2D eigenvalue weighted by molar-refractivity contribution is 7.93. The van der Waals surface area contributed by atoms with Crippen LogP contribution in [0, 0.1) is 5.92 Å². The standard InChI is InChI=1S/C15H27N3O3S/c1-10(2)9-12(5)18-14(7-8-16-18)17-15(19)13(6)22(20,21)11(3)4/h7-8,10-13H,9H2,1-6H3,(H,17,19). The van der Waals surface area contributed by atoms with E-state index in [0.717, 1.165) is 6.42 Å². The molecule has 0 aliphatic carbocycles. The molecule has 0 aliphatic rings. The van der Waals surface area contributed by atoms with Crippen LogP contribution in [0.1, 0.15) is 54.0 Å². The van der Waals surface area contributed by atoms with Gasteiger partial charge in [-0.3, -0.25) is 4.79 Å². The third-order valence-corrected chi connectivity index (χ3v) is 6.18. The van der Waals surface area contributed by atoms with Gasteiger partial charge in [0.05, 0.1) is 17.5 Å². The lowest BCUT2D eigenvalue weighted by Crippen LogP contribution is -2.37. The highest BCUT2D eigenvalue weighted by Crippen LogP contribution is 2.21. The maximum absolute atomic E-state index is 12.2. The van der Waals surface area contributed by atoms with Crippen molar-refractivity contribution in [3.63, 3.8) is 0 Å². The molecule has 2 atom stereocenters. The van der Waals surface area contributed by atoms with Crippen LogP contribution < -0.4 is 5.32 Å². The number of rotatable bonds is 7. The highest BCUT2D eigenvalue weighted by Gasteiger charge is 2.31. The van der Waals surface area contributed by atoms with Crippen molar-refractivity contribution in [3.8, 4) is 0 Å². The zero-order valence-corrected chi connectivity index (χ0v) is 15.0. The minimum Gasteiger partial charge on any atom is -0.310 e. The maximum atomic E-state index is 12.2. The van der Waals surface area contributed by atoms with E-state index in [1.165, 1.54) is 6.92 Å². The Hall–Kier alpha value is -1.37. The quantitative estimate of drug-likeness (QED) is 0.834. The molecule has 0 saturated heterocycles. The first-order chi connectivity index (χ1) is 10.1. The van der Waals surface area contributed by atoms with Crippen molar-refractivity contribution in [1.82, 2.24) is 9.78 Å². The lowest BCUT2D eigenvalue weighted by atomic mass is 10.1. The van der Waals surface area contributed by atoms with Gasteiger partial charge in [-0.25, -0.2) is 13.1 Å². The molecule has 1 heterocycles. The molecule has 22 heavy (non-hydrogen) atoms. The SMILES string of the molecule is CC(C)CC(C)n1nccc1NC(=O)C(C)S(=O)(=O)C(C)C. The predicted molar refractivity (Wildman–Crippen MR) is 88.5 cm³/mol. The van der Waals surface area contributed by atoms with Crippen LogP contribution in [0.2, 0.25) is 0 Å². The fraction of sp³-hybridized carbons (Fsp3) is 0.733. The molecule has 1 N–H and O–H groups in total. The number of nitrogens with zero attached hydrogens (tertiary/aromatic N) is 2. The van der Waals surface area contributed by atoms with Crippen LogP contribution in [0.4, 0.5) is 5.82 Å². The van der Waals surface area contributed by atoms with Crippen molar-refractivity contribution in [2.24, 2.45) is 5.92 Å². The van der Waals surface area contributed by atoms with E-state index in [2.05, 4.69) is 24.3 Å². The maximum Gasteiger partial charge on any atom is 0.243 e. The van der Waals surface area contributed by atoms with Crippen molar-refractivity contribution in [2.75, 3.05) is 5.32 Å². The van der Waals surface area contributed by atoms with Gasteiger partial charge >= 0.3 is 0 Å². The number of carbonyl (C=O) groups excluding carboxylic acids is 1. The summed E-state index contributed by atoms with van der Waals surface area (Å²) in [4.78, 5) is 12.2. The Morgan fingerprint density at radius 2 is 1.82 bits per heavy atom. The number of anilines is 1. The largest absolute Gasteiger partial charge is 0.310 e. The second kappa shape index (κ2) is 7.26. The Morgan fingerprint density at radius 1 is 1.23 bits per heavy atom. The molecule has 2 unspecified atom stereocenters. The molecule has 7 heteroatoms. The fourth-order valence-corrected chi connectivity index (χ4v) is 3.51. The molecular weight excluding hydrogens is 302 g/mol. The molecule has 0 aromatic carbocycles. The van der Waals surface area contributed by atoms with E-state index < -0.39 is 26.2 Å². The summed E-state index contributed by atoms with van der Waals surface area (Å²) in [6, 6.07) is 1.81. The predicted octanol–water partition coefficient (Wildman–Crippen LogP) is 2.64. The zero-order chi connectivity index (χ0) is 17.1. The average molecular weight is 329 g/mol. The normalized spacial score (nSPS) is 15.1. The van der Waals surface area contributed by atoms with Gasteiger partial charge in [-0.05, 0) is 40.0 Å². The lowest BCUT2D eigenvalue weighted by Gasteiger charge is -2.19. The summed E-state index contributed by atoms with van der Waals surface area (Å²) in [5.41, 5.74) is 0. The second-order valence-corrected chi connectivity index (χ2v) is 9.24. The summed E-state index contributed by atoms with van der Waals surface area (Å²) in [6.45, 7) is 10.8. The summed E-state index contributed by atoms with van der Waals surface area (Å²) in [5, 5.41) is 5.25. The van der Waals surface area contributed by atoms with Gasteiger partial charge in [0, 0.05) is 6.07 Å². The van der Waals surface area contributed by atoms with Gasteiger partial charge in [-0.15, -0.1) is 0 Å². The molecule has 1 amide bonds. The molecule has 0 aliphatic heterocycles. The van der Waals surface area contributed by atoms with Gasteiger partial charge in [-0.1, -0.05) is 13.8 Å². The van der Waals surface area contributed by atoms with Gasteiger partial charge in [0.25, 0.3) is 0 Å². The first kappa shape index (κ1) is 18.7. The molecule has 6 nitrogen and oxygen atoms in total. The molecule has 0 radical (unpaired) electrons. The van der Waals surface area contributed by atoms with Crippen molar-refractivity contribution < 1.29 is 13.2 Å². The highest BCUT2D eigenvalue weighted by atomic mass is 32.2. The lowest BCUT2D eigenvalue weighted by molar-refractivity contribution is -0.115. The van der Waals surface area contributed by atoms with Crippen molar-refractivity contribution in [1.29, 1.82) is 0 Å². The smallest absolute Gasteiger partial charge is 0.243 e. The Kier molecular flexibility index (Phi) is 6.17. The number of hydrogen-bond acceptors (Lipinski definition) is 4. The van der Waals surface area contributed by atoms with Crippen LogP contribution in [0.15, 0.2) is 12.3 Å². The summed E-state index contributed by atoms with van der Waals surface area (Å²) in [6.07, 6.45) is 2.53. The summed E-state index contributed by atoms with van der Waals surface area (Å²) < 4.78 is 25.9. The van der Waals surface area contributed by atoms with Gasteiger partial charge in [0.15, 0.2) is 9.84 Å². The Balaban J connectivity index is 2.89. The second-order valence-electron chi connectivity index (χ2n) is 6.41. The third-order valence-electron chi connectivity index (χ3n) is 3.67. The van der Waals surface area contributed by atoms with E-state index in [0.29, 0.717) is 11.7 Å². The minimum atomic E-state index is -3.47. The van der Waals surface area contributed by atoms with E-state index in [9.17, 15) is 13.2 Å². The number of amides is 1. The van der Waals surface area contributed by atoms with E-state index in [-0.39, 0.29) is 6.04 Å². The topological polar surface area (TPSA) is 81.1 Å². The van der Waals surface area contributed by atoms with Crippen LogP contribution in [0.25, 0.3) is 0 Å². The van der Waals surface area contributed by atoms with E-state index in [1.54, 1.807) is 30.8 Å². The molecule has 0 spiro atoms. The minimum absolute atomic E-state index is 0.127. The van der Waals surface area contributed by atoms with E-state index >= 15 is 0 Å². The molecule has 1 aromatic heterocycles. The van der Waals surface area contributed by atoms with Crippen LogP contribution in [-0.2, 0) is 14.6 Å². The fourth-order valence-electron chi connectivity index (χ4n) is 2.33. The van der Waals surface area contributed by atoms with Crippen LogP contribution in [-0.4, -0.2) is 34.6 Å². The first-order valence-corrected chi connectivity index (χ1v) is 9.25. The Labute approximate surface area is 133 Å². The first-order valence-electron chi connectivity index (χ1n) is 7.64. The number of carbonyl (C=O) groups is 1. The van der Waals surface area contributed by atoms with Crippen LogP contribution >= 0.6 is 0 Å². The summed E-state index contributed by atoms with van der Waals surface area (Å²) >= 11 is 0. The Bertz CT molecular complexity index is 605. The van der Waals surface area contributed by atoms with E-state index in [4.69, 9.17) is 0 Å². The van der Waals surface area contributed by atoms with Crippen molar-refractivity contribution >= 4 is 21.6 Å². The number of sulfone groups is 1. The summed E-state index contributed by atoms with van der Waals surface area (Å²) in [7, 11) is -3.47. The molecule has 1 aromatic rings. The molecule has 1 rings (SSSR count). The number of nitrogens with one attached hydrogen (secondary N) is 1. The molecule has 0 fully saturated rings. The van der Waals surface area contributed by atoms with Gasteiger partial charge in [0.1, 0.15) is 11.1 Å². The van der Waals surface area contributed by atoms with Gasteiger partial charge < -0.3 is 5.32 Å². The summed E-state index contributed by atoms with van der Waals surface area (Å²) in [5.74, 6) is 0.513. The number of hydrogen-bond donors (Lipinski definition) is 1.